The standard InChI is InChI=1S/C19H17O/c1-2-15-8-10-17(11-9-15)19-14-18(12-13-20-19)16-6-4-3-5-7-16/h3-14H,2H2,1H3/q+1. The van der Waals surface area contributed by atoms with Gasteiger partial charge >= 0.3 is 12.0 Å². The second-order valence-electron chi connectivity index (χ2n) is 4.80. The number of aryl methyl sites for hydroxylation is 1. The lowest BCUT2D eigenvalue weighted by atomic mass is 10.0. The monoisotopic (exact) mass is 261 g/mol. The predicted molar refractivity (Wildman–Crippen MR) is 83.4 cm³/mol. The lowest BCUT2D eigenvalue weighted by Crippen LogP contribution is -1.83. The molecule has 2 aromatic carbocycles. The molecule has 0 amide bonds. The maximum absolute atomic E-state index is 5.65. The van der Waals surface area contributed by atoms with Crippen molar-refractivity contribution in [2.24, 2.45) is 0 Å². The second-order valence-corrected chi connectivity index (χ2v) is 4.80. The molecule has 0 saturated heterocycles. The van der Waals surface area contributed by atoms with E-state index < -0.39 is 0 Å². The summed E-state index contributed by atoms with van der Waals surface area (Å²) in [5, 5.41) is 0. The highest BCUT2D eigenvalue weighted by atomic mass is 16.3. The van der Waals surface area contributed by atoms with Crippen LogP contribution in [0.15, 0.2) is 77.4 Å². The zero-order valence-electron chi connectivity index (χ0n) is 11.5. The van der Waals surface area contributed by atoms with Gasteiger partial charge in [0.15, 0.2) is 0 Å². The van der Waals surface area contributed by atoms with Crippen LogP contribution in [-0.4, -0.2) is 0 Å². The summed E-state index contributed by atoms with van der Waals surface area (Å²) in [6.45, 7) is 2.16. The van der Waals surface area contributed by atoms with E-state index >= 15 is 0 Å². The Hall–Kier alpha value is -2.41. The van der Waals surface area contributed by atoms with Gasteiger partial charge in [-0.15, -0.1) is 0 Å². The van der Waals surface area contributed by atoms with Crippen molar-refractivity contribution in [3.05, 3.63) is 78.6 Å². The molecule has 0 aliphatic heterocycles. The van der Waals surface area contributed by atoms with Gasteiger partial charge in [0.25, 0.3) is 0 Å². The van der Waals surface area contributed by atoms with Crippen LogP contribution in [0.4, 0.5) is 0 Å². The van der Waals surface area contributed by atoms with E-state index in [1.807, 2.05) is 12.1 Å². The van der Waals surface area contributed by atoms with E-state index in [0.717, 1.165) is 17.7 Å². The highest BCUT2D eigenvalue weighted by Gasteiger charge is 2.12. The first-order chi connectivity index (χ1) is 9.86. The van der Waals surface area contributed by atoms with Gasteiger partial charge in [-0.2, -0.15) is 0 Å². The molecule has 0 bridgehead atoms. The third kappa shape index (κ3) is 2.62. The quantitative estimate of drug-likeness (QED) is 0.570. The summed E-state index contributed by atoms with van der Waals surface area (Å²) in [6.07, 6.45) is 2.81. The van der Waals surface area contributed by atoms with Crippen molar-refractivity contribution >= 4 is 0 Å². The van der Waals surface area contributed by atoms with Crippen molar-refractivity contribution < 1.29 is 4.42 Å². The Morgan fingerprint density at radius 2 is 1.50 bits per heavy atom. The third-order valence-corrected chi connectivity index (χ3v) is 3.48. The second kappa shape index (κ2) is 5.70. The highest BCUT2D eigenvalue weighted by Crippen LogP contribution is 2.26. The molecule has 1 heterocycles. The Morgan fingerprint density at radius 3 is 2.20 bits per heavy atom. The van der Waals surface area contributed by atoms with Crippen LogP contribution in [-0.2, 0) is 6.42 Å². The summed E-state index contributed by atoms with van der Waals surface area (Å²) in [5.74, 6) is 0.897. The van der Waals surface area contributed by atoms with Crippen molar-refractivity contribution in [3.63, 3.8) is 0 Å². The van der Waals surface area contributed by atoms with Gasteiger partial charge in [0.2, 0.25) is 0 Å². The molecule has 3 aromatic rings. The zero-order chi connectivity index (χ0) is 13.8. The molecule has 20 heavy (non-hydrogen) atoms. The van der Waals surface area contributed by atoms with E-state index in [2.05, 4.69) is 61.5 Å². The Labute approximate surface area is 119 Å². The SMILES string of the molecule is CCc1ccc(-c2cc(-c3ccccc3)cc[o+]2)cc1. The summed E-state index contributed by atoms with van der Waals surface area (Å²) in [6, 6.07) is 23.0. The van der Waals surface area contributed by atoms with Crippen LogP contribution in [0.2, 0.25) is 0 Å². The van der Waals surface area contributed by atoms with E-state index in [4.69, 9.17) is 4.42 Å². The third-order valence-electron chi connectivity index (χ3n) is 3.48. The number of rotatable bonds is 3. The first-order valence-electron chi connectivity index (χ1n) is 6.93. The highest BCUT2D eigenvalue weighted by molar-refractivity contribution is 5.69. The lowest BCUT2D eigenvalue weighted by Gasteiger charge is -1.99. The van der Waals surface area contributed by atoms with E-state index in [0.29, 0.717) is 0 Å². The molecule has 0 atom stereocenters. The van der Waals surface area contributed by atoms with Gasteiger partial charge in [-0.05, 0) is 35.2 Å². The van der Waals surface area contributed by atoms with Crippen molar-refractivity contribution in [1.29, 1.82) is 0 Å². The van der Waals surface area contributed by atoms with Gasteiger partial charge < -0.3 is 0 Å². The van der Waals surface area contributed by atoms with Crippen molar-refractivity contribution in [2.75, 3.05) is 0 Å². The maximum Gasteiger partial charge on any atom is 0.360 e. The van der Waals surface area contributed by atoms with E-state index in [1.54, 1.807) is 6.26 Å². The fraction of sp³-hybridized carbons (Fsp3) is 0.105. The molecule has 0 aliphatic rings. The molecular formula is C19H17O+. The van der Waals surface area contributed by atoms with Crippen LogP contribution in [0.1, 0.15) is 12.5 Å². The van der Waals surface area contributed by atoms with Gasteiger partial charge in [0, 0.05) is 6.07 Å². The minimum Gasteiger partial charge on any atom is -0.216 e. The molecule has 0 radical (unpaired) electrons. The molecule has 98 valence electrons. The molecule has 0 fully saturated rings. The van der Waals surface area contributed by atoms with Gasteiger partial charge in [0.05, 0.1) is 11.6 Å². The summed E-state index contributed by atoms with van der Waals surface area (Å²) in [4.78, 5) is 0. The normalized spacial score (nSPS) is 10.4. The average molecular weight is 261 g/mol. The van der Waals surface area contributed by atoms with E-state index in [9.17, 15) is 0 Å². The molecular weight excluding hydrogens is 244 g/mol. The lowest BCUT2D eigenvalue weighted by molar-refractivity contribution is 0.566. The summed E-state index contributed by atoms with van der Waals surface area (Å²) >= 11 is 0. The molecule has 0 saturated carbocycles. The summed E-state index contributed by atoms with van der Waals surface area (Å²) < 4.78 is 5.65. The predicted octanol–water partition coefficient (Wildman–Crippen LogP) is 5.46. The fourth-order valence-corrected chi connectivity index (χ4v) is 2.27. The van der Waals surface area contributed by atoms with Crippen LogP contribution in [0, 0.1) is 0 Å². The Morgan fingerprint density at radius 1 is 0.750 bits per heavy atom. The Kier molecular flexibility index (Phi) is 3.60. The van der Waals surface area contributed by atoms with Gasteiger partial charge in [-0.25, -0.2) is 4.42 Å². The molecule has 1 heteroatoms. The van der Waals surface area contributed by atoms with E-state index in [1.165, 1.54) is 16.7 Å². The molecule has 0 spiro atoms. The van der Waals surface area contributed by atoms with Crippen LogP contribution in [0.5, 0.6) is 0 Å². The molecule has 3 rings (SSSR count). The largest absolute Gasteiger partial charge is 0.360 e. The molecule has 0 unspecified atom stereocenters. The summed E-state index contributed by atoms with van der Waals surface area (Å²) in [5.41, 5.74) is 4.83. The topological polar surface area (TPSA) is 11.3 Å². The zero-order valence-corrected chi connectivity index (χ0v) is 11.5. The van der Waals surface area contributed by atoms with Gasteiger partial charge in [-0.3, -0.25) is 0 Å². The number of hydrogen-bond acceptors (Lipinski definition) is 0. The molecule has 1 aromatic heterocycles. The van der Waals surface area contributed by atoms with E-state index in [-0.39, 0.29) is 0 Å². The fourth-order valence-electron chi connectivity index (χ4n) is 2.27. The number of hydrogen-bond donors (Lipinski definition) is 0. The maximum atomic E-state index is 5.65. The van der Waals surface area contributed by atoms with Crippen molar-refractivity contribution in [2.45, 2.75) is 13.3 Å². The van der Waals surface area contributed by atoms with Crippen LogP contribution >= 0.6 is 0 Å². The van der Waals surface area contributed by atoms with Crippen molar-refractivity contribution in [1.82, 2.24) is 0 Å². The van der Waals surface area contributed by atoms with Crippen LogP contribution < -0.4 is 0 Å². The molecule has 0 aliphatic carbocycles. The summed E-state index contributed by atoms with van der Waals surface area (Å²) in [7, 11) is 0. The van der Waals surface area contributed by atoms with Crippen molar-refractivity contribution in [3.8, 4) is 22.5 Å². The van der Waals surface area contributed by atoms with Gasteiger partial charge in [-0.1, -0.05) is 49.4 Å². The number of benzene rings is 2. The van der Waals surface area contributed by atoms with Gasteiger partial charge in [0.1, 0.15) is 0 Å². The minimum atomic E-state index is 0.897. The first-order valence-corrected chi connectivity index (χ1v) is 6.93. The van der Waals surface area contributed by atoms with Crippen LogP contribution in [0.25, 0.3) is 22.5 Å². The Balaban J connectivity index is 1.98. The smallest absolute Gasteiger partial charge is 0.216 e. The first kappa shape index (κ1) is 12.6. The molecule has 0 N–H and O–H groups in total. The minimum absolute atomic E-state index is 0.897. The Bertz CT molecular complexity index is 684. The van der Waals surface area contributed by atoms with Crippen LogP contribution in [0.3, 0.4) is 0 Å². The molecule has 1 nitrogen and oxygen atoms in total. The average Bonchev–Trinajstić information content (AvgIpc) is 2.56.